The van der Waals surface area contributed by atoms with Crippen molar-refractivity contribution in [2.24, 2.45) is 16.8 Å². The zero-order valence-corrected chi connectivity index (χ0v) is 24.7. The maximum absolute atomic E-state index is 13.2. The number of piperidine rings is 1. The lowest BCUT2D eigenvalue weighted by atomic mass is 10.0. The van der Waals surface area contributed by atoms with Crippen molar-refractivity contribution in [2.45, 2.75) is 89.2 Å². The molecule has 4 unspecified atom stereocenters. The summed E-state index contributed by atoms with van der Waals surface area (Å²) in [7, 11) is 1.88. The first-order valence-corrected chi connectivity index (χ1v) is 15.3. The van der Waals surface area contributed by atoms with E-state index < -0.39 is 12.4 Å². The second-order valence-electron chi connectivity index (χ2n) is 11.5. The van der Waals surface area contributed by atoms with E-state index in [4.69, 9.17) is 9.73 Å². The summed E-state index contributed by atoms with van der Waals surface area (Å²) in [5.74, 6) is 0.445. The topological polar surface area (TPSA) is 119 Å². The maximum Gasteiger partial charge on any atom is 0.410 e. The number of carbonyl (C=O) groups excluding carboxylic acids is 2. The van der Waals surface area contributed by atoms with E-state index in [9.17, 15) is 14.7 Å². The molecule has 1 saturated heterocycles. The van der Waals surface area contributed by atoms with Gasteiger partial charge in [-0.3, -0.25) is 25.0 Å². The van der Waals surface area contributed by atoms with Gasteiger partial charge in [-0.2, -0.15) is 0 Å². The van der Waals surface area contributed by atoms with Crippen LogP contribution in [-0.4, -0.2) is 92.8 Å². The number of fused-ring (bicyclic) bond motifs is 1. The normalized spacial score (nSPS) is 24.9. The van der Waals surface area contributed by atoms with Gasteiger partial charge in [-0.15, -0.1) is 23.1 Å². The van der Waals surface area contributed by atoms with E-state index in [1.165, 1.54) is 16.4 Å². The Balaban J connectivity index is 0.00000280. The first-order valence-electron chi connectivity index (χ1n) is 13.6. The molecule has 0 radical (unpaired) electrons. The number of amides is 2. The molecule has 2 aliphatic heterocycles. The Hall–Kier alpha value is -1.73. The average Bonchev–Trinajstić information content (AvgIpc) is 3.18. The number of thiazole rings is 1. The number of aromatic nitrogens is 1. The van der Waals surface area contributed by atoms with Gasteiger partial charge in [-0.1, -0.05) is 27.7 Å². The fourth-order valence-electron chi connectivity index (χ4n) is 5.03. The highest BCUT2D eigenvalue weighted by Gasteiger charge is 2.60. The van der Waals surface area contributed by atoms with E-state index in [0.717, 1.165) is 17.7 Å². The number of nitrogens with one attached hydrogen (secondary N) is 2. The zero-order valence-electron chi connectivity index (χ0n) is 23.1. The summed E-state index contributed by atoms with van der Waals surface area (Å²) in [6.45, 7) is 10.3. The van der Waals surface area contributed by atoms with E-state index in [2.05, 4.69) is 29.5 Å². The minimum Gasteiger partial charge on any atom is -0.444 e. The third-order valence-electron chi connectivity index (χ3n) is 7.33. The summed E-state index contributed by atoms with van der Waals surface area (Å²) in [6, 6.07) is -0.568. The van der Waals surface area contributed by atoms with Crippen molar-refractivity contribution in [1.82, 2.24) is 25.4 Å². The summed E-state index contributed by atoms with van der Waals surface area (Å²) in [5.41, 5.74) is 1.61. The summed E-state index contributed by atoms with van der Waals surface area (Å²) < 4.78 is 5.38. The molecule has 0 bridgehead atoms. The van der Waals surface area contributed by atoms with Gasteiger partial charge in [0.25, 0.3) is 0 Å². The van der Waals surface area contributed by atoms with Gasteiger partial charge >= 0.3 is 6.09 Å². The molecule has 2 fully saturated rings. The third kappa shape index (κ3) is 7.47. The van der Waals surface area contributed by atoms with E-state index >= 15 is 0 Å². The molecule has 38 heavy (non-hydrogen) atoms. The molecule has 0 aromatic carbocycles. The highest BCUT2D eigenvalue weighted by atomic mass is 32.2. The van der Waals surface area contributed by atoms with Crippen molar-refractivity contribution in [3.63, 3.8) is 0 Å². The Kier molecular flexibility index (Phi) is 9.72. The molecule has 1 aromatic rings. The smallest absolute Gasteiger partial charge is 0.410 e. The number of thioether (sulfide) groups is 1. The summed E-state index contributed by atoms with van der Waals surface area (Å²) >= 11 is 3.34. The van der Waals surface area contributed by atoms with Gasteiger partial charge in [-0.25, -0.2) is 4.79 Å². The molecule has 10 nitrogen and oxygen atoms in total. The van der Waals surface area contributed by atoms with Gasteiger partial charge in [0.15, 0.2) is 6.35 Å². The molecule has 1 saturated carbocycles. The van der Waals surface area contributed by atoms with Gasteiger partial charge in [0.05, 0.1) is 27.0 Å². The lowest BCUT2D eigenvalue weighted by Crippen LogP contribution is -2.58. The molecule has 3 aliphatic rings. The number of nitrogens with zero attached hydrogens (tertiary/aromatic N) is 4. The lowest BCUT2D eigenvalue weighted by Gasteiger charge is -2.34. The van der Waals surface area contributed by atoms with Crippen LogP contribution >= 0.6 is 23.1 Å². The number of aliphatic hydroxyl groups is 1. The third-order valence-corrected chi connectivity index (χ3v) is 9.50. The Labute approximate surface area is 237 Å². The van der Waals surface area contributed by atoms with Crippen LogP contribution < -0.4 is 10.6 Å². The molecule has 12 heteroatoms. The van der Waals surface area contributed by atoms with E-state index in [1.807, 2.05) is 37.6 Å². The monoisotopic (exact) mass is 570 g/mol. The fourth-order valence-corrected chi connectivity index (χ4v) is 7.24. The molecular formula is C26H46N6O4S2. The Bertz CT molecular complexity index is 994. The average molecular weight is 571 g/mol. The van der Waals surface area contributed by atoms with Gasteiger partial charge in [-0.05, 0) is 44.6 Å². The van der Waals surface area contributed by atoms with Crippen LogP contribution in [0.2, 0.25) is 0 Å². The molecule has 2 amide bonds. The molecule has 216 valence electrons. The number of rotatable bonds is 12. The number of hydrogen-bond acceptors (Lipinski definition) is 10. The van der Waals surface area contributed by atoms with Crippen LogP contribution in [0.4, 0.5) is 4.79 Å². The molecule has 3 N–H and O–H groups in total. The molecule has 0 spiro atoms. The van der Waals surface area contributed by atoms with Crippen molar-refractivity contribution in [2.75, 3.05) is 26.7 Å². The molecule has 1 aliphatic carbocycles. The second-order valence-corrected chi connectivity index (χ2v) is 13.7. The van der Waals surface area contributed by atoms with Gasteiger partial charge in [0.2, 0.25) is 5.91 Å². The molecular weight excluding hydrogens is 524 g/mol. The Morgan fingerprint density at radius 2 is 2.05 bits per heavy atom. The largest absolute Gasteiger partial charge is 0.444 e. The minimum absolute atomic E-state index is 0. The quantitative estimate of drug-likeness (QED) is 0.327. The number of ether oxygens (including phenoxy) is 1. The van der Waals surface area contributed by atoms with Crippen LogP contribution in [-0.2, 0) is 16.1 Å². The fraction of sp³-hybridized carbons (Fsp3) is 0.769. The van der Waals surface area contributed by atoms with Crippen LogP contribution in [0, 0.1) is 11.8 Å². The second kappa shape index (κ2) is 12.6. The Morgan fingerprint density at radius 1 is 1.32 bits per heavy atom. The van der Waals surface area contributed by atoms with Crippen LogP contribution in [0.15, 0.2) is 16.7 Å². The first kappa shape index (κ1) is 29.3. The maximum atomic E-state index is 13.2. The number of aliphatic hydroxyl groups excluding tert-OH is 1. The van der Waals surface area contributed by atoms with Crippen molar-refractivity contribution in [3.05, 3.63) is 16.6 Å². The number of aliphatic imine (C=N–C) groups is 1. The van der Waals surface area contributed by atoms with E-state index in [0.29, 0.717) is 43.6 Å². The number of likely N-dealkylation sites (N-methyl/N-ethyl adjacent to an activating group) is 1. The SMILES string of the molecule is CC(C)CC1=NC2(CN(C)C(O)NC(C(=O)NC3CCN(C(=O)OCc4cncs4)CC3)C(C)C)CC2S1.[HH].[HH]. The minimum atomic E-state index is -0.951. The Morgan fingerprint density at radius 3 is 2.68 bits per heavy atom. The summed E-state index contributed by atoms with van der Waals surface area (Å²) in [5, 5.41) is 18.9. The summed E-state index contributed by atoms with van der Waals surface area (Å²) in [4.78, 5) is 39.0. The van der Waals surface area contributed by atoms with Crippen molar-refractivity contribution >= 4 is 40.1 Å². The highest BCUT2D eigenvalue weighted by molar-refractivity contribution is 8.15. The highest BCUT2D eigenvalue weighted by Crippen LogP contribution is 2.55. The molecule has 4 atom stereocenters. The number of carbonyl (C=O) groups is 2. The summed E-state index contributed by atoms with van der Waals surface area (Å²) in [6.07, 6.45) is 3.78. The van der Waals surface area contributed by atoms with Crippen molar-refractivity contribution < 1.29 is 22.3 Å². The molecule has 3 heterocycles. The van der Waals surface area contributed by atoms with Gasteiger partial charge in [0.1, 0.15) is 6.61 Å². The zero-order chi connectivity index (χ0) is 27.4. The van der Waals surface area contributed by atoms with Gasteiger partial charge in [0, 0.05) is 40.0 Å². The van der Waals surface area contributed by atoms with E-state index in [1.54, 1.807) is 16.6 Å². The number of hydrogen-bond donors (Lipinski definition) is 3. The van der Waals surface area contributed by atoms with Crippen LogP contribution in [0.3, 0.4) is 0 Å². The van der Waals surface area contributed by atoms with Crippen molar-refractivity contribution in [3.8, 4) is 0 Å². The predicted molar refractivity (Wildman–Crippen MR) is 155 cm³/mol. The molecule has 1 aromatic heterocycles. The molecule has 4 rings (SSSR count). The van der Waals surface area contributed by atoms with Crippen LogP contribution in [0.5, 0.6) is 0 Å². The van der Waals surface area contributed by atoms with Crippen molar-refractivity contribution in [1.29, 1.82) is 0 Å². The first-order chi connectivity index (χ1) is 18.1. The number of likely N-dealkylation sites (tertiary alicyclic amines) is 1. The van der Waals surface area contributed by atoms with E-state index in [-0.39, 0.29) is 39.0 Å². The predicted octanol–water partition coefficient (Wildman–Crippen LogP) is 3.38. The standard InChI is InChI=1S/C26H42N6O4S2.2H2/c1-16(2)10-21-30-26(11-20(26)38-21)14-31(5)24(34)29-22(17(3)4)23(33)28-18-6-8-32(9-7-18)25(35)36-13-19-12-27-15-37-19;;/h12,15-18,20,22,24,29,34H,6-11,13-14H2,1-5H3,(H,28,33);2*1H. The lowest BCUT2D eigenvalue weighted by molar-refractivity contribution is -0.128. The van der Waals surface area contributed by atoms with Crippen LogP contribution in [0.1, 0.15) is 61.1 Å². The van der Waals surface area contributed by atoms with Crippen LogP contribution in [0.25, 0.3) is 0 Å². The van der Waals surface area contributed by atoms with Gasteiger partial charge < -0.3 is 20.1 Å².